The maximum absolute atomic E-state index is 11.7. The van der Waals surface area contributed by atoms with Gasteiger partial charge in [-0.1, -0.05) is 19.9 Å². The van der Waals surface area contributed by atoms with Gasteiger partial charge in [-0.2, -0.15) is 0 Å². The van der Waals surface area contributed by atoms with Gasteiger partial charge in [0.1, 0.15) is 0 Å². The Kier molecular flexibility index (Phi) is 5.01. The number of rotatable bonds is 4. The molecule has 0 bridgehead atoms. The fourth-order valence-electron chi connectivity index (χ4n) is 2.84. The van der Waals surface area contributed by atoms with E-state index in [4.69, 9.17) is 0 Å². The molecule has 2 N–H and O–H groups in total. The van der Waals surface area contributed by atoms with Crippen LogP contribution in [0.1, 0.15) is 30.6 Å². The number of benzene rings is 1. The predicted molar refractivity (Wildman–Crippen MR) is 83.1 cm³/mol. The summed E-state index contributed by atoms with van der Waals surface area (Å²) in [5.74, 6) is 0.579. The molecule has 1 aliphatic rings. The monoisotopic (exact) mass is 275 g/mol. The number of piperidine rings is 1. The first kappa shape index (κ1) is 14.9. The number of carbonyl (C=O) groups is 1. The van der Waals surface area contributed by atoms with Crippen molar-refractivity contribution < 1.29 is 4.79 Å². The van der Waals surface area contributed by atoms with Crippen molar-refractivity contribution in [1.29, 1.82) is 0 Å². The number of hydrogen-bond donors (Lipinski definition) is 2. The highest BCUT2D eigenvalue weighted by Crippen LogP contribution is 2.21. The summed E-state index contributed by atoms with van der Waals surface area (Å²) in [6.07, 6.45) is 1.15. The lowest BCUT2D eigenvalue weighted by Gasteiger charge is -2.37. The summed E-state index contributed by atoms with van der Waals surface area (Å²) in [5.41, 5.74) is 1.74. The molecule has 0 saturated carbocycles. The van der Waals surface area contributed by atoms with Gasteiger partial charge >= 0.3 is 0 Å². The van der Waals surface area contributed by atoms with Crippen LogP contribution in [0.15, 0.2) is 24.3 Å². The van der Waals surface area contributed by atoms with E-state index < -0.39 is 0 Å². The van der Waals surface area contributed by atoms with Crippen molar-refractivity contribution in [1.82, 2.24) is 10.2 Å². The minimum absolute atomic E-state index is 0.0394. The second-order valence-electron chi connectivity index (χ2n) is 5.57. The van der Waals surface area contributed by atoms with E-state index in [9.17, 15) is 4.79 Å². The minimum Gasteiger partial charge on any atom is -0.382 e. The van der Waals surface area contributed by atoms with E-state index in [1.165, 1.54) is 0 Å². The standard InChI is InChI=1S/C16H25N3O/c1-4-19-9-8-15(12(2)11-19)18-14-7-5-6-13(10-14)16(20)17-3/h5-7,10,12,15,18H,4,8-9,11H2,1-3H3,(H,17,20)/t12-,15-/m1/s1. The normalized spacial score (nSPS) is 23.4. The summed E-state index contributed by atoms with van der Waals surface area (Å²) in [4.78, 5) is 14.1. The van der Waals surface area contributed by atoms with E-state index in [0.717, 1.165) is 31.7 Å². The Morgan fingerprint density at radius 3 is 2.90 bits per heavy atom. The van der Waals surface area contributed by atoms with E-state index in [1.54, 1.807) is 7.05 Å². The van der Waals surface area contributed by atoms with Crippen molar-refractivity contribution in [2.45, 2.75) is 26.3 Å². The third-order valence-electron chi connectivity index (χ3n) is 4.14. The molecule has 2 rings (SSSR count). The van der Waals surface area contributed by atoms with E-state index in [-0.39, 0.29) is 5.91 Å². The minimum atomic E-state index is -0.0394. The van der Waals surface area contributed by atoms with Gasteiger partial charge in [0.05, 0.1) is 0 Å². The first-order valence-corrected chi connectivity index (χ1v) is 7.45. The first-order chi connectivity index (χ1) is 9.63. The number of carbonyl (C=O) groups excluding carboxylic acids is 1. The molecule has 20 heavy (non-hydrogen) atoms. The van der Waals surface area contributed by atoms with Crippen LogP contribution in [0.4, 0.5) is 5.69 Å². The summed E-state index contributed by atoms with van der Waals surface area (Å²) >= 11 is 0. The lowest BCUT2D eigenvalue weighted by Crippen LogP contribution is -2.45. The Morgan fingerprint density at radius 2 is 2.25 bits per heavy atom. The van der Waals surface area contributed by atoms with Gasteiger partial charge in [0.25, 0.3) is 5.91 Å². The van der Waals surface area contributed by atoms with Crippen molar-refractivity contribution in [3.63, 3.8) is 0 Å². The number of amides is 1. The van der Waals surface area contributed by atoms with Gasteiger partial charge in [-0.15, -0.1) is 0 Å². The summed E-state index contributed by atoms with van der Waals surface area (Å²) in [6.45, 7) is 7.93. The second kappa shape index (κ2) is 6.75. The Bertz CT molecular complexity index is 461. The first-order valence-electron chi connectivity index (χ1n) is 7.45. The zero-order valence-electron chi connectivity index (χ0n) is 12.6. The molecule has 1 aromatic carbocycles. The van der Waals surface area contributed by atoms with Gasteiger partial charge in [-0.3, -0.25) is 4.79 Å². The molecule has 0 spiro atoms. The van der Waals surface area contributed by atoms with Crippen LogP contribution in [0.5, 0.6) is 0 Å². The number of anilines is 1. The van der Waals surface area contributed by atoms with E-state index in [0.29, 0.717) is 17.5 Å². The molecular weight excluding hydrogens is 250 g/mol. The Labute approximate surface area is 121 Å². The van der Waals surface area contributed by atoms with E-state index >= 15 is 0 Å². The van der Waals surface area contributed by atoms with Gasteiger partial charge in [0, 0.05) is 37.4 Å². The zero-order chi connectivity index (χ0) is 14.5. The second-order valence-corrected chi connectivity index (χ2v) is 5.57. The predicted octanol–water partition coefficient (Wildman–Crippen LogP) is 2.19. The zero-order valence-corrected chi connectivity index (χ0v) is 12.6. The number of nitrogens with one attached hydrogen (secondary N) is 2. The van der Waals surface area contributed by atoms with E-state index in [1.807, 2.05) is 24.3 Å². The van der Waals surface area contributed by atoms with Crippen molar-refractivity contribution in [2.24, 2.45) is 5.92 Å². The highest BCUT2D eigenvalue weighted by Gasteiger charge is 2.25. The van der Waals surface area contributed by atoms with Crippen LogP contribution in [0.2, 0.25) is 0 Å². The molecule has 1 heterocycles. The molecule has 1 saturated heterocycles. The molecule has 4 heteroatoms. The quantitative estimate of drug-likeness (QED) is 0.885. The molecule has 2 atom stereocenters. The van der Waals surface area contributed by atoms with E-state index in [2.05, 4.69) is 29.4 Å². The van der Waals surface area contributed by atoms with Crippen molar-refractivity contribution >= 4 is 11.6 Å². The van der Waals surface area contributed by atoms with Crippen molar-refractivity contribution in [2.75, 3.05) is 32.0 Å². The SMILES string of the molecule is CCN1CC[C@@H](Nc2cccc(C(=O)NC)c2)[C@H](C)C1. The highest BCUT2D eigenvalue weighted by atomic mass is 16.1. The molecule has 4 nitrogen and oxygen atoms in total. The van der Waals surface area contributed by atoms with Gasteiger partial charge in [-0.25, -0.2) is 0 Å². The molecule has 1 fully saturated rings. The Hall–Kier alpha value is -1.55. The molecule has 0 aliphatic carbocycles. The van der Waals surface area contributed by atoms with Crippen LogP contribution < -0.4 is 10.6 Å². The van der Waals surface area contributed by atoms with Gasteiger partial charge in [0.2, 0.25) is 0 Å². The Morgan fingerprint density at radius 1 is 1.45 bits per heavy atom. The smallest absolute Gasteiger partial charge is 0.251 e. The third kappa shape index (κ3) is 3.51. The Balaban J connectivity index is 2.01. The summed E-state index contributed by atoms with van der Waals surface area (Å²) in [6, 6.07) is 8.22. The fourth-order valence-corrected chi connectivity index (χ4v) is 2.84. The number of hydrogen-bond acceptors (Lipinski definition) is 3. The van der Waals surface area contributed by atoms with Gasteiger partial charge in [0.15, 0.2) is 0 Å². The number of nitrogens with zero attached hydrogens (tertiary/aromatic N) is 1. The maximum Gasteiger partial charge on any atom is 0.251 e. The molecule has 110 valence electrons. The van der Waals surface area contributed by atoms with Crippen LogP contribution >= 0.6 is 0 Å². The third-order valence-corrected chi connectivity index (χ3v) is 4.14. The highest BCUT2D eigenvalue weighted by molar-refractivity contribution is 5.94. The molecular formula is C16H25N3O. The van der Waals surface area contributed by atoms with Crippen LogP contribution in [-0.2, 0) is 0 Å². The van der Waals surface area contributed by atoms with Crippen molar-refractivity contribution in [3.05, 3.63) is 29.8 Å². The largest absolute Gasteiger partial charge is 0.382 e. The van der Waals surface area contributed by atoms with Gasteiger partial charge in [-0.05, 0) is 37.1 Å². The van der Waals surface area contributed by atoms with Crippen LogP contribution in [0, 0.1) is 5.92 Å². The molecule has 1 aliphatic heterocycles. The average Bonchev–Trinajstić information content (AvgIpc) is 2.48. The number of likely N-dealkylation sites (tertiary alicyclic amines) is 1. The maximum atomic E-state index is 11.7. The summed E-state index contributed by atoms with van der Waals surface area (Å²) < 4.78 is 0. The molecule has 0 radical (unpaired) electrons. The molecule has 1 aromatic rings. The topological polar surface area (TPSA) is 44.4 Å². The molecule has 1 amide bonds. The lowest BCUT2D eigenvalue weighted by atomic mass is 9.93. The molecule has 0 aromatic heterocycles. The fraction of sp³-hybridized carbons (Fsp3) is 0.562. The average molecular weight is 275 g/mol. The van der Waals surface area contributed by atoms with Crippen LogP contribution in [-0.4, -0.2) is 43.5 Å². The van der Waals surface area contributed by atoms with Crippen LogP contribution in [0.25, 0.3) is 0 Å². The van der Waals surface area contributed by atoms with Crippen LogP contribution in [0.3, 0.4) is 0 Å². The lowest BCUT2D eigenvalue weighted by molar-refractivity contribution is 0.0963. The van der Waals surface area contributed by atoms with Crippen molar-refractivity contribution in [3.8, 4) is 0 Å². The summed E-state index contributed by atoms with van der Waals surface area (Å²) in [7, 11) is 1.66. The molecule has 0 unspecified atom stereocenters. The summed E-state index contributed by atoms with van der Waals surface area (Å²) in [5, 5.41) is 6.25. The van der Waals surface area contributed by atoms with Gasteiger partial charge < -0.3 is 15.5 Å².